The largest absolute Gasteiger partial charge is 0.369 e. The van der Waals surface area contributed by atoms with Crippen molar-refractivity contribution in [1.29, 1.82) is 0 Å². The molecule has 2 rings (SSSR count). The molecule has 29 heavy (non-hydrogen) atoms. The van der Waals surface area contributed by atoms with Crippen molar-refractivity contribution in [2.45, 2.75) is 44.4 Å². The Morgan fingerprint density at radius 2 is 1.45 bits per heavy atom. The lowest BCUT2D eigenvalue weighted by Crippen LogP contribution is -2.33. The van der Waals surface area contributed by atoms with E-state index in [-0.39, 0.29) is 22.6 Å². The number of carbonyl (C=O) groups excluding carboxylic acids is 2. The van der Waals surface area contributed by atoms with Gasteiger partial charge < -0.3 is 11.1 Å². The zero-order valence-corrected chi connectivity index (χ0v) is 17.8. The molecule has 0 aliphatic heterocycles. The van der Waals surface area contributed by atoms with Crippen LogP contribution in [0.1, 0.15) is 61.0 Å². The summed E-state index contributed by atoms with van der Waals surface area (Å²) in [7, 11) is -3.88. The molecule has 0 unspecified atom stereocenters. The van der Waals surface area contributed by atoms with Crippen molar-refractivity contribution in [3.8, 4) is 0 Å². The van der Waals surface area contributed by atoms with E-state index in [2.05, 4.69) is 37.7 Å². The third-order valence-electron chi connectivity index (χ3n) is 4.47. The standard InChI is InChI=1S/C21H27N3O4S/c1-13(2)17-6-5-7-18(14(3)4)20(17)24-21(26)15-8-10-16(11-9-15)29(27,28)23-12-19(22)25/h5-11,13-14,23H,12H2,1-4H3,(H2,22,25)(H,24,26). The third kappa shape index (κ3) is 5.65. The van der Waals surface area contributed by atoms with Crippen LogP contribution in [-0.4, -0.2) is 26.8 Å². The van der Waals surface area contributed by atoms with E-state index in [1.165, 1.54) is 24.3 Å². The summed E-state index contributed by atoms with van der Waals surface area (Å²) >= 11 is 0. The Bertz CT molecular complexity index is 971. The maximum atomic E-state index is 12.8. The second-order valence-electron chi connectivity index (χ2n) is 7.39. The van der Waals surface area contributed by atoms with Crippen molar-refractivity contribution in [2.24, 2.45) is 5.73 Å². The molecule has 0 heterocycles. The highest BCUT2D eigenvalue weighted by molar-refractivity contribution is 7.89. The van der Waals surface area contributed by atoms with E-state index in [0.717, 1.165) is 16.8 Å². The van der Waals surface area contributed by atoms with E-state index in [1.54, 1.807) is 0 Å². The first kappa shape index (κ1) is 22.6. The Labute approximate surface area is 171 Å². The van der Waals surface area contributed by atoms with Crippen molar-refractivity contribution in [1.82, 2.24) is 4.72 Å². The summed E-state index contributed by atoms with van der Waals surface area (Å²) in [5.41, 5.74) is 8.16. The number of benzene rings is 2. The Kier molecular flexibility index (Phi) is 7.16. The van der Waals surface area contributed by atoms with Gasteiger partial charge in [0.15, 0.2) is 0 Å². The Balaban J connectivity index is 2.28. The van der Waals surface area contributed by atoms with Crippen molar-refractivity contribution in [3.05, 3.63) is 59.2 Å². The van der Waals surface area contributed by atoms with Gasteiger partial charge in [0.25, 0.3) is 5.91 Å². The van der Waals surface area contributed by atoms with Crippen LogP contribution in [0.3, 0.4) is 0 Å². The summed E-state index contributed by atoms with van der Waals surface area (Å²) in [6, 6.07) is 11.5. The van der Waals surface area contributed by atoms with Crippen LogP contribution in [0.2, 0.25) is 0 Å². The number of nitrogens with one attached hydrogen (secondary N) is 2. The zero-order chi connectivity index (χ0) is 21.8. The van der Waals surface area contributed by atoms with E-state index in [9.17, 15) is 18.0 Å². The van der Waals surface area contributed by atoms with Gasteiger partial charge in [0.05, 0.1) is 11.4 Å². The molecular formula is C21H27N3O4S. The first-order valence-electron chi connectivity index (χ1n) is 9.35. The van der Waals surface area contributed by atoms with Crippen molar-refractivity contribution >= 4 is 27.5 Å². The van der Waals surface area contributed by atoms with Gasteiger partial charge in [-0.25, -0.2) is 13.1 Å². The van der Waals surface area contributed by atoms with E-state index in [1.807, 2.05) is 18.2 Å². The molecule has 0 saturated carbocycles. The summed E-state index contributed by atoms with van der Waals surface area (Å²) in [6.07, 6.45) is 0. The van der Waals surface area contributed by atoms with Crippen LogP contribution in [0.15, 0.2) is 47.4 Å². The van der Waals surface area contributed by atoms with Crippen LogP contribution in [0.25, 0.3) is 0 Å². The lowest BCUT2D eigenvalue weighted by atomic mass is 9.92. The van der Waals surface area contributed by atoms with Gasteiger partial charge in [0, 0.05) is 11.3 Å². The SMILES string of the molecule is CC(C)c1cccc(C(C)C)c1NC(=O)c1ccc(S(=O)(=O)NCC(N)=O)cc1. The van der Waals surface area contributed by atoms with Gasteiger partial charge in [0.2, 0.25) is 15.9 Å². The molecule has 0 aromatic heterocycles. The predicted octanol–water partition coefficient (Wildman–Crippen LogP) is 2.95. The Hall–Kier alpha value is -2.71. The summed E-state index contributed by atoms with van der Waals surface area (Å²) in [5, 5.41) is 2.99. The van der Waals surface area contributed by atoms with E-state index < -0.39 is 22.5 Å². The molecule has 0 atom stereocenters. The fraction of sp³-hybridized carbons (Fsp3) is 0.333. The third-order valence-corrected chi connectivity index (χ3v) is 5.89. The lowest BCUT2D eigenvalue weighted by molar-refractivity contribution is -0.116. The van der Waals surface area contributed by atoms with Gasteiger partial charge in [-0.3, -0.25) is 9.59 Å². The number of hydrogen-bond acceptors (Lipinski definition) is 4. The number of rotatable bonds is 8. The monoisotopic (exact) mass is 417 g/mol. The topological polar surface area (TPSA) is 118 Å². The predicted molar refractivity (Wildman–Crippen MR) is 113 cm³/mol. The molecule has 0 saturated heterocycles. The number of nitrogens with two attached hydrogens (primary N) is 1. The molecule has 156 valence electrons. The van der Waals surface area contributed by atoms with Gasteiger partial charge in [0.1, 0.15) is 0 Å². The van der Waals surface area contributed by atoms with Crippen LogP contribution >= 0.6 is 0 Å². The molecule has 2 aromatic carbocycles. The minimum Gasteiger partial charge on any atom is -0.369 e. The van der Waals surface area contributed by atoms with Gasteiger partial charge in [-0.15, -0.1) is 0 Å². The average molecular weight is 418 g/mol. The molecule has 2 aromatic rings. The molecule has 0 fully saturated rings. The number of carbonyl (C=O) groups is 2. The van der Waals surface area contributed by atoms with E-state index in [0.29, 0.717) is 5.56 Å². The average Bonchev–Trinajstić information content (AvgIpc) is 2.66. The molecule has 0 aliphatic carbocycles. The maximum Gasteiger partial charge on any atom is 0.255 e. The van der Waals surface area contributed by atoms with Gasteiger partial charge >= 0.3 is 0 Å². The second-order valence-corrected chi connectivity index (χ2v) is 9.16. The Morgan fingerprint density at radius 1 is 0.931 bits per heavy atom. The fourth-order valence-corrected chi connectivity index (χ4v) is 3.91. The van der Waals surface area contributed by atoms with Crippen LogP contribution in [0, 0.1) is 0 Å². The van der Waals surface area contributed by atoms with Gasteiger partial charge in [-0.05, 0) is 47.2 Å². The normalized spacial score (nSPS) is 11.7. The molecule has 0 aliphatic rings. The molecule has 0 spiro atoms. The van der Waals surface area contributed by atoms with Crippen LogP contribution in [-0.2, 0) is 14.8 Å². The van der Waals surface area contributed by atoms with Crippen LogP contribution in [0.5, 0.6) is 0 Å². The fourth-order valence-electron chi connectivity index (χ4n) is 2.92. The van der Waals surface area contributed by atoms with E-state index in [4.69, 9.17) is 5.73 Å². The van der Waals surface area contributed by atoms with Crippen LogP contribution < -0.4 is 15.8 Å². The smallest absolute Gasteiger partial charge is 0.255 e. The van der Waals surface area contributed by atoms with Crippen molar-refractivity contribution < 1.29 is 18.0 Å². The molecule has 2 amide bonds. The number of sulfonamides is 1. The summed E-state index contributed by atoms with van der Waals surface area (Å²) in [5.74, 6) is -0.649. The quantitative estimate of drug-likeness (QED) is 0.612. The molecule has 7 nitrogen and oxygen atoms in total. The Morgan fingerprint density at radius 3 is 1.90 bits per heavy atom. The van der Waals surface area contributed by atoms with Crippen molar-refractivity contribution in [3.63, 3.8) is 0 Å². The number of anilines is 1. The molecule has 8 heteroatoms. The first-order chi connectivity index (χ1) is 13.5. The number of primary amides is 1. The minimum atomic E-state index is -3.88. The summed E-state index contributed by atoms with van der Waals surface area (Å²) in [4.78, 5) is 23.5. The summed E-state index contributed by atoms with van der Waals surface area (Å²) < 4.78 is 26.4. The number of para-hydroxylation sites is 1. The van der Waals surface area contributed by atoms with Gasteiger partial charge in [-0.1, -0.05) is 45.9 Å². The molecule has 0 bridgehead atoms. The molecular weight excluding hydrogens is 390 g/mol. The first-order valence-corrected chi connectivity index (χ1v) is 10.8. The highest BCUT2D eigenvalue weighted by Crippen LogP contribution is 2.32. The number of hydrogen-bond donors (Lipinski definition) is 3. The molecule has 4 N–H and O–H groups in total. The molecule has 0 radical (unpaired) electrons. The van der Waals surface area contributed by atoms with Gasteiger partial charge in [-0.2, -0.15) is 0 Å². The maximum absolute atomic E-state index is 12.8. The highest BCUT2D eigenvalue weighted by Gasteiger charge is 2.18. The minimum absolute atomic E-state index is 0.0549. The van der Waals surface area contributed by atoms with Crippen molar-refractivity contribution in [2.75, 3.05) is 11.9 Å². The lowest BCUT2D eigenvalue weighted by Gasteiger charge is -2.20. The van der Waals surface area contributed by atoms with Crippen LogP contribution in [0.4, 0.5) is 5.69 Å². The van der Waals surface area contributed by atoms with E-state index >= 15 is 0 Å². The zero-order valence-electron chi connectivity index (χ0n) is 17.0. The summed E-state index contributed by atoms with van der Waals surface area (Å²) in [6.45, 7) is 7.76. The highest BCUT2D eigenvalue weighted by atomic mass is 32.2. The number of amides is 2. The second kappa shape index (κ2) is 9.19.